The first-order chi connectivity index (χ1) is 21.8. The summed E-state index contributed by atoms with van der Waals surface area (Å²) < 4.78 is 52.5. The lowest BCUT2D eigenvalue weighted by Crippen LogP contribution is -2.44. The minimum Gasteiger partial charge on any atom is -0.349 e. The molecule has 10 nitrogen and oxygen atoms in total. The Morgan fingerprint density at radius 2 is 1.63 bits per heavy atom. The lowest BCUT2D eigenvalue weighted by Gasteiger charge is -2.32. The number of piperidine rings is 2. The van der Waals surface area contributed by atoms with E-state index in [9.17, 15) is 31.6 Å². The Balaban J connectivity index is 1.23. The maximum absolute atomic E-state index is 14.1. The quantitative estimate of drug-likeness (QED) is 0.163. The number of sulfonamides is 1. The topological polar surface area (TPSA) is 128 Å². The van der Waals surface area contributed by atoms with Crippen LogP contribution < -0.4 is 10.0 Å². The summed E-state index contributed by atoms with van der Waals surface area (Å²) in [6.07, 6.45) is 6.29. The van der Waals surface area contributed by atoms with Gasteiger partial charge < -0.3 is 10.2 Å². The number of likely N-dealkylation sites (tertiary alicyclic amines) is 2. The summed E-state index contributed by atoms with van der Waals surface area (Å²) in [5.74, 6) is -3.17. The third kappa shape index (κ3) is 9.63. The molecule has 2 amide bonds. The van der Waals surface area contributed by atoms with Gasteiger partial charge in [-0.1, -0.05) is 18.2 Å². The number of nitrogens with zero attached hydrogens (tertiary/aromatic N) is 3. The standard InChI is InChI=1S/C33H39F2N5O5S/c1-22(32(42)37-26-14-16-39(17-15-26)21-23-5-8-27(9-6-23)38-46(3,44)45)4-11-30(36-2)33(43)40-18-12-24(13-19-40)31(41)28-10-7-25(34)20-29(28)35/h4-11,20,24,26,38H,2,12-19,21H2,1,3H3,(H,37,42)/b22-4+,30-11-. The Bertz CT molecular complexity index is 1630. The van der Waals surface area contributed by atoms with Crippen molar-refractivity contribution in [3.05, 3.63) is 88.6 Å². The van der Waals surface area contributed by atoms with Crippen LogP contribution in [-0.4, -0.2) is 81.0 Å². The monoisotopic (exact) mass is 655 g/mol. The Labute approximate surface area is 268 Å². The fourth-order valence-corrected chi connectivity index (χ4v) is 6.14. The molecule has 0 atom stereocenters. The summed E-state index contributed by atoms with van der Waals surface area (Å²) >= 11 is 0. The highest BCUT2D eigenvalue weighted by Crippen LogP contribution is 2.25. The summed E-state index contributed by atoms with van der Waals surface area (Å²) in [5, 5.41) is 3.05. The zero-order valence-corrected chi connectivity index (χ0v) is 26.8. The van der Waals surface area contributed by atoms with Gasteiger partial charge in [-0.2, -0.15) is 0 Å². The van der Waals surface area contributed by atoms with Crippen LogP contribution in [0.4, 0.5) is 14.5 Å². The van der Waals surface area contributed by atoms with Gasteiger partial charge in [0, 0.05) is 62.0 Å². The van der Waals surface area contributed by atoms with Gasteiger partial charge in [0.1, 0.15) is 17.3 Å². The smallest absolute Gasteiger partial charge is 0.272 e. The zero-order chi connectivity index (χ0) is 33.4. The van der Waals surface area contributed by atoms with Crippen molar-refractivity contribution in [1.29, 1.82) is 0 Å². The molecule has 0 unspecified atom stereocenters. The predicted octanol–water partition coefficient (Wildman–Crippen LogP) is 4.07. The molecular formula is C33H39F2N5O5S. The number of ketones is 1. The maximum atomic E-state index is 14.1. The van der Waals surface area contributed by atoms with E-state index >= 15 is 0 Å². The number of hydrogen-bond acceptors (Lipinski definition) is 7. The SMILES string of the molecule is C=N/C(=C\C=C(/C)C(=O)NC1CCN(Cc2ccc(NS(C)(=O)=O)cc2)CC1)C(=O)N1CCC(C(=O)c2ccc(F)cc2F)CC1. The summed E-state index contributed by atoms with van der Waals surface area (Å²) in [6, 6.07) is 10.1. The number of halogens is 2. The van der Waals surface area contributed by atoms with Gasteiger partial charge in [0.2, 0.25) is 15.9 Å². The molecule has 0 aliphatic carbocycles. The van der Waals surface area contributed by atoms with Crippen LogP contribution in [0.2, 0.25) is 0 Å². The summed E-state index contributed by atoms with van der Waals surface area (Å²) in [7, 11) is -3.32. The fourth-order valence-electron chi connectivity index (χ4n) is 5.57. The van der Waals surface area contributed by atoms with E-state index in [1.807, 2.05) is 12.1 Å². The van der Waals surface area contributed by atoms with Crippen LogP contribution in [-0.2, 0) is 26.2 Å². The molecule has 0 aromatic heterocycles. The van der Waals surface area contributed by atoms with Crippen molar-refractivity contribution in [2.24, 2.45) is 10.9 Å². The van der Waals surface area contributed by atoms with E-state index in [1.165, 1.54) is 12.2 Å². The van der Waals surface area contributed by atoms with Crippen LogP contribution >= 0.6 is 0 Å². The largest absolute Gasteiger partial charge is 0.349 e. The van der Waals surface area contributed by atoms with Gasteiger partial charge in [-0.3, -0.25) is 29.0 Å². The second-order valence-corrected chi connectivity index (χ2v) is 13.5. The van der Waals surface area contributed by atoms with Gasteiger partial charge in [0.15, 0.2) is 5.78 Å². The number of aliphatic imine (C=N–C) groups is 1. The lowest BCUT2D eigenvalue weighted by molar-refractivity contribution is -0.128. The zero-order valence-electron chi connectivity index (χ0n) is 26.0. The van der Waals surface area contributed by atoms with Gasteiger partial charge in [-0.25, -0.2) is 17.2 Å². The Kier molecular flexibility index (Phi) is 11.6. The molecule has 2 fully saturated rings. The first-order valence-electron chi connectivity index (χ1n) is 15.1. The highest BCUT2D eigenvalue weighted by atomic mass is 32.2. The number of carbonyl (C=O) groups is 3. The van der Waals surface area contributed by atoms with Gasteiger partial charge in [0.05, 0.1) is 11.8 Å². The average Bonchev–Trinajstić information content (AvgIpc) is 3.02. The number of allylic oxidation sites excluding steroid dienone is 2. The van der Waals surface area contributed by atoms with Crippen molar-refractivity contribution < 1.29 is 31.6 Å². The normalized spacial score (nSPS) is 17.4. The van der Waals surface area contributed by atoms with Gasteiger partial charge in [-0.15, -0.1) is 0 Å². The first kappa shape index (κ1) is 34.6. The molecule has 2 aliphatic heterocycles. The molecule has 2 saturated heterocycles. The van der Waals surface area contributed by atoms with Crippen LogP contribution in [0, 0.1) is 17.6 Å². The van der Waals surface area contributed by atoms with Crippen molar-refractivity contribution in [3.8, 4) is 0 Å². The Morgan fingerprint density at radius 1 is 0.978 bits per heavy atom. The minimum absolute atomic E-state index is 0.00318. The van der Waals surface area contributed by atoms with Gasteiger partial charge >= 0.3 is 0 Å². The van der Waals surface area contributed by atoms with Crippen molar-refractivity contribution >= 4 is 40.0 Å². The van der Waals surface area contributed by atoms with E-state index in [0.717, 1.165) is 56.4 Å². The van der Waals surface area contributed by atoms with E-state index < -0.39 is 33.4 Å². The van der Waals surface area contributed by atoms with Crippen molar-refractivity contribution in [3.63, 3.8) is 0 Å². The average molecular weight is 656 g/mol. The van der Waals surface area contributed by atoms with E-state index in [1.54, 1.807) is 24.0 Å². The van der Waals surface area contributed by atoms with E-state index in [4.69, 9.17) is 0 Å². The molecule has 2 heterocycles. The highest BCUT2D eigenvalue weighted by Gasteiger charge is 2.30. The summed E-state index contributed by atoms with van der Waals surface area (Å²) in [5.41, 5.74) is 1.89. The van der Waals surface area contributed by atoms with Crippen LogP contribution in [0.1, 0.15) is 48.5 Å². The van der Waals surface area contributed by atoms with Crippen LogP contribution in [0.25, 0.3) is 0 Å². The van der Waals surface area contributed by atoms with Crippen molar-refractivity contribution in [1.82, 2.24) is 15.1 Å². The van der Waals surface area contributed by atoms with Crippen LogP contribution in [0.15, 0.2) is 70.9 Å². The highest BCUT2D eigenvalue weighted by molar-refractivity contribution is 7.92. The molecule has 46 heavy (non-hydrogen) atoms. The van der Waals surface area contributed by atoms with E-state index in [0.29, 0.717) is 30.2 Å². The molecule has 2 aromatic carbocycles. The number of carbonyl (C=O) groups excluding carboxylic acids is 3. The second-order valence-electron chi connectivity index (χ2n) is 11.7. The molecule has 2 aromatic rings. The maximum Gasteiger partial charge on any atom is 0.272 e. The van der Waals surface area contributed by atoms with Gasteiger partial charge in [-0.05, 0) is 75.2 Å². The molecule has 0 saturated carbocycles. The molecule has 4 rings (SSSR count). The number of nitrogens with one attached hydrogen (secondary N) is 2. The van der Waals surface area contributed by atoms with Crippen molar-refractivity contribution in [2.75, 3.05) is 37.2 Å². The van der Waals surface area contributed by atoms with E-state index in [2.05, 4.69) is 26.6 Å². The fraction of sp³-hybridized carbons (Fsp3) is 0.394. The molecule has 0 bridgehead atoms. The Morgan fingerprint density at radius 3 is 2.22 bits per heavy atom. The van der Waals surface area contributed by atoms with Gasteiger partial charge in [0.25, 0.3) is 5.91 Å². The summed E-state index contributed by atoms with van der Waals surface area (Å²) in [6.45, 7) is 7.97. The lowest BCUT2D eigenvalue weighted by atomic mass is 9.88. The number of benzene rings is 2. The number of anilines is 1. The van der Waals surface area contributed by atoms with Crippen LogP contribution in [0.5, 0.6) is 0 Å². The molecule has 2 aliphatic rings. The number of hydrogen-bond donors (Lipinski definition) is 2. The van der Waals surface area contributed by atoms with Crippen LogP contribution in [0.3, 0.4) is 0 Å². The predicted molar refractivity (Wildman–Crippen MR) is 173 cm³/mol. The number of Topliss-reactive ketones (excluding diaryl/α,β-unsaturated/α-hetero) is 1. The number of rotatable bonds is 11. The molecule has 0 spiro atoms. The third-order valence-electron chi connectivity index (χ3n) is 8.17. The van der Waals surface area contributed by atoms with E-state index in [-0.39, 0.29) is 42.2 Å². The molecule has 13 heteroatoms. The van der Waals surface area contributed by atoms with Crippen molar-refractivity contribution in [2.45, 2.75) is 45.2 Å². The first-order valence-corrected chi connectivity index (χ1v) is 17.0. The summed E-state index contributed by atoms with van der Waals surface area (Å²) in [4.78, 5) is 46.4. The third-order valence-corrected chi connectivity index (χ3v) is 8.78. The molecule has 2 N–H and O–H groups in total. The Hall–Kier alpha value is -4.23. The molecular weight excluding hydrogens is 616 g/mol. The molecule has 246 valence electrons. The minimum atomic E-state index is -3.32. The second kappa shape index (κ2) is 15.4. The molecule has 0 radical (unpaired) electrons. The number of amides is 2.